The molecule has 0 spiro atoms. The molecule has 2 rings (SSSR count). The number of thiophene rings is 2. The third-order valence-corrected chi connectivity index (χ3v) is 4.57. The lowest BCUT2D eigenvalue weighted by atomic mass is 10.3. The average molecular weight is 305 g/mol. The Balaban J connectivity index is 2.02. The molecule has 0 aliphatic carbocycles. The maximum Gasteiger partial charge on any atom is 0.263 e. The molecule has 1 amide bonds. The van der Waals surface area contributed by atoms with Crippen molar-refractivity contribution in [1.82, 2.24) is 4.90 Å². The molecule has 2 heterocycles. The molecule has 5 heteroatoms. The van der Waals surface area contributed by atoms with E-state index in [2.05, 4.69) is 11.8 Å². The Kier molecular flexibility index (Phi) is 4.96. The second-order valence-corrected chi connectivity index (χ2v) is 6.62. The number of aliphatic hydroxyl groups is 1. The molecule has 0 aromatic carbocycles. The number of rotatable bonds is 3. The van der Waals surface area contributed by atoms with Crippen molar-refractivity contribution in [2.75, 3.05) is 13.7 Å². The van der Waals surface area contributed by atoms with E-state index in [1.54, 1.807) is 23.3 Å². The van der Waals surface area contributed by atoms with E-state index in [1.165, 1.54) is 11.3 Å². The monoisotopic (exact) mass is 305 g/mol. The van der Waals surface area contributed by atoms with Gasteiger partial charge in [-0.25, -0.2) is 0 Å². The lowest BCUT2D eigenvalue weighted by Gasteiger charge is -2.14. The maximum absolute atomic E-state index is 12.2. The van der Waals surface area contributed by atoms with Gasteiger partial charge in [0.25, 0.3) is 5.91 Å². The molecule has 0 aliphatic rings. The number of hydrogen-bond acceptors (Lipinski definition) is 4. The largest absolute Gasteiger partial charge is 0.384 e. The van der Waals surface area contributed by atoms with Gasteiger partial charge in [-0.2, -0.15) is 0 Å². The smallest absolute Gasteiger partial charge is 0.263 e. The number of aliphatic hydroxyl groups excluding tert-OH is 1. The number of nitrogens with zero attached hydrogens (tertiary/aromatic N) is 1. The molecule has 0 atom stereocenters. The quantitative estimate of drug-likeness (QED) is 0.886. The van der Waals surface area contributed by atoms with Gasteiger partial charge in [0.1, 0.15) is 6.61 Å². The summed E-state index contributed by atoms with van der Waals surface area (Å²) in [5.41, 5.74) is 0.881. The van der Waals surface area contributed by atoms with Gasteiger partial charge < -0.3 is 10.0 Å². The highest BCUT2D eigenvalue weighted by Gasteiger charge is 2.14. The summed E-state index contributed by atoms with van der Waals surface area (Å²) < 4.78 is 0. The average Bonchev–Trinajstić information content (AvgIpc) is 3.04. The molecule has 0 radical (unpaired) electrons. The summed E-state index contributed by atoms with van der Waals surface area (Å²) in [7, 11) is 1.80. The van der Waals surface area contributed by atoms with Gasteiger partial charge in [0.05, 0.1) is 11.4 Å². The zero-order valence-corrected chi connectivity index (χ0v) is 13.0. The standard InChI is InChI=1S/C15H15NO2S2/c1-11-5-6-14(20-11)15(18)16(2)9-13-8-12(10-19-13)4-3-7-17/h5-6,8,10,17H,7,9H2,1-2H3. The van der Waals surface area contributed by atoms with Crippen molar-refractivity contribution < 1.29 is 9.90 Å². The second-order valence-electron chi connectivity index (χ2n) is 4.33. The highest BCUT2D eigenvalue weighted by Crippen LogP contribution is 2.20. The predicted molar refractivity (Wildman–Crippen MR) is 83.1 cm³/mol. The minimum atomic E-state index is -0.138. The van der Waals surface area contributed by atoms with Gasteiger partial charge in [0.2, 0.25) is 0 Å². The Labute approximate surface area is 126 Å². The van der Waals surface area contributed by atoms with E-state index in [0.29, 0.717) is 6.54 Å². The third-order valence-electron chi connectivity index (χ3n) is 2.66. The summed E-state index contributed by atoms with van der Waals surface area (Å²) in [4.78, 5) is 16.9. The molecule has 1 N–H and O–H groups in total. The first-order valence-electron chi connectivity index (χ1n) is 6.09. The summed E-state index contributed by atoms with van der Waals surface area (Å²) in [6.45, 7) is 2.43. The molecule has 0 bridgehead atoms. The van der Waals surface area contributed by atoms with E-state index in [-0.39, 0.29) is 12.5 Å². The van der Waals surface area contributed by atoms with Gasteiger partial charge in [-0.1, -0.05) is 11.8 Å². The van der Waals surface area contributed by atoms with Crippen LogP contribution in [0.5, 0.6) is 0 Å². The Morgan fingerprint density at radius 3 is 2.90 bits per heavy atom. The first kappa shape index (κ1) is 14.8. The number of carbonyl (C=O) groups is 1. The minimum Gasteiger partial charge on any atom is -0.384 e. The molecule has 0 saturated carbocycles. The lowest BCUT2D eigenvalue weighted by molar-refractivity contribution is 0.0791. The highest BCUT2D eigenvalue weighted by atomic mass is 32.1. The second kappa shape index (κ2) is 6.71. The zero-order valence-electron chi connectivity index (χ0n) is 11.3. The van der Waals surface area contributed by atoms with Crippen LogP contribution in [0, 0.1) is 18.8 Å². The molecular weight excluding hydrogens is 290 g/mol. The number of aryl methyl sites for hydroxylation is 1. The molecular formula is C15H15NO2S2. The van der Waals surface area contributed by atoms with Crippen LogP contribution in [0.2, 0.25) is 0 Å². The first-order chi connectivity index (χ1) is 9.60. The van der Waals surface area contributed by atoms with E-state index in [1.807, 2.05) is 30.5 Å². The lowest BCUT2D eigenvalue weighted by Crippen LogP contribution is -2.24. The van der Waals surface area contributed by atoms with E-state index in [0.717, 1.165) is 20.2 Å². The van der Waals surface area contributed by atoms with Crippen LogP contribution < -0.4 is 0 Å². The zero-order chi connectivity index (χ0) is 14.5. The van der Waals surface area contributed by atoms with Crippen molar-refractivity contribution in [2.45, 2.75) is 13.5 Å². The van der Waals surface area contributed by atoms with Crippen LogP contribution >= 0.6 is 22.7 Å². The molecule has 0 fully saturated rings. The van der Waals surface area contributed by atoms with E-state index in [4.69, 9.17) is 5.11 Å². The third kappa shape index (κ3) is 3.70. The van der Waals surface area contributed by atoms with Gasteiger partial charge in [-0.15, -0.1) is 22.7 Å². The van der Waals surface area contributed by atoms with Crippen molar-refractivity contribution in [3.05, 3.63) is 43.8 Å². The highest BCUT2D eigenvalue weighted by molar-refractivity contribution is 7.14. The Hall–Kier alpha value is -1.61. The van der Waals surface area contributed by atoms with Crippen LogP contribution in [0.25, 0.3) is 0 Å². The SMILES string of the molecule is Cc1ccc(C(=O)N(C)Cc2cc(C#CCO)cs2)s1. The minimum absolute atomic E-state index is 0.0412. The van der Waals surface area contributed by atoms with Gasteiger partial charge in [0.15, 0.2) is 0 Å². The molecule has 2 aromatic heterocycles. The summed E-state index contributed by atoms with van der Waals surface area (Å²) in [6.07, 6.45) is 0. The normalized spacial score (nSPS) is 9.95. The Bertz CT molecular complexity index is 661. The first-order valence-corrected chi connectivity index (χ1v) is 7.79. The van der Waals surface area contributed by atoms with Crippen molar-refractivity contribution in [3.8, 4) is 11.8 Å². The van der Waals surface area contributed by atoms with Crippen LogP contribution in [0.4, 0.5) is 0 Å². The van der Waals surface area contributed by atoms with Crippen molar-refractivity contribution in [2.24, 2.45) is 0 Å². The summed E-state index contributed by atoms with van der Waals surface area (Å²) >= 11 is 3.08. The van der Waals surface area contributed by atoms with Crippen LogP contribution in [-0.2, 0) is 6.54 Å². The summed E-state index contributed by atoms with van der Waals surface area (Å²) in [5.74, 6) is 5.52. The van der Waals surface area contributed by atoms with Gasteiger partial charge in [-0.05, 0) is 25.1 Å². The molecule has 20 heavy (non-hydrogen) atoms. The Morgan fingerprint density at radius 2 is 2.25 bits per heavy atom. The fourth-order valence-electron chi connectivity index (χ4n) is 1.71. The fraction of sp³-hybridized carbons (Fsp3) is 0.267. The van der Waals surface area contributed by atoms with Crippen molar-refractivity contribution in [3.63, 3.8) is 0 Å². The molecule has 0 saturated heterocycles. The number of carbonyl (C=O) groups excluding carboxylic acids is 1. The van der Waals surface area contributed by atoms with Crippen molar-refractivity contribution in [1.29, 1.82) is 0 Å². The molecule has 2 aromatic rings. The topological polar surface area (TPSA) is 40.5 Å². The molecule has 0 aliphatic heterocycles. The summed E-state index contributed by atoms with van der Waals surface area (Å²) in [5, 5.41) is 10.6. The molecule has 0 unspecified atom stereocenters. The fourth-order valence-corrected chi connectivity index (χ4v) is 3.44. The van der Waals surface area contributed by atoms with Crippen molar-refractivity contribution >= 4 is 28.6 Å². The van der Waals surface area contributed by atoms with E-state index in [9.17, 15) is 4.79 Å². The van der Waals surface area contributed by atoms with Crippen LogP contribution in [-0.4, -0.2) is 29.6 Å². The van der Waals surface area contributed by atoms with Gasteiger partial charge in [-0.3, -0.25) is 4.79 Å². The molecule has 104 valence electrons. The van der Waals surface area contributed by atoms with E-state index >= 15 is 0 Å². The van der Waals surface area contributed by atoms with Crippen LogP contribution in [0.1, 0.15) is 25.0 Å². The maximum atomic E-state index is 12.2. The van der Waals surface area contributed by atoms with E-state index < -0.39 is 0 Å². The predicted octanol–water partition coefficient (Wildman–Crippen LogP) is 2.73. The van der Waals surface area contributed by atoms with Gasteiger partial charge in [0, 0.05) is 27.7 Å². The van der Waals surface area contributed by atoms with Gasteiger partial charge >= 0.3 is 0 Å². The Morgan fingerprint density at radius 1 is 1.45 bits per heavy atom. The molecule has 3 nitrogen and oxygen atoms in total. The summed E-state index contributed by atoms with van der Waals surface area (Å²) in [6, 6.07) is 5.78. The number of amides is 1. The van der Waals surface area contributed by atoms with Crippen LogP contribution in [0.15, 0.2) is 23.6 Å². The van der Waals surface area contributed by atoms with Crippen LogP contribution in [0.3, 0.4) is 0 Å². The number of hydrogen-bond donors (Lipinski definition) is 1.